The van der Waals surface area contributed by atoms with Crippen molar-refractivity contribution in [3.8, 4) is 12.0 Å². The van der Waals surface area contributed by atoms with E-state index < -0.39 is 8.07 Å². The molecule has 0 amide bonds. The zero-order valence-corrected chi connectivity index (χ0v) is 6.80. The summed E-state index contributed by atoms with van der Waals surface area (Å²) in [6.45, 7) is 6.44. The minimum Gasteiger partial charge on any atom is -0.147 e. The van der Waals surface area contributed by atoms with Crippen LogP contribution >= 0.6 is 12.4 Å². The highest BCUT2D eigenvalue weighted by Crippen LogP contribution is 1.94. The van der Waals surface area contributed by atoms with Gasteiger partial charge in [0.15, 0.2) is 0 Å². The lowest BCUT2D eigenvalue weighted by Gasteiger charge is -2.00. The zero-order valence-electron chi connectivity index (χ0n) is 4.99. The van der Waals surface area contributed by atoms with Crippen molar-refractivity contribution in [2.45, 2.75) is 19.6 Å². The second-order valence-corrected chi connectivity index (χ2v) is 7.18. The van der Waals surface area contributed by atoms with Crippen molar-refractivity contribution >= 4 is 20.5 Å². The Morgan fingerprint density at radius 2 is 1.43 bits per heavy atom. The van der Waals surface area contributed by atoms with Crippen LogP contribution in [0.3, 0.4) is 0 Å². The smallest absolute Gasteiger partial charge is 0.128 e. The molecule has 0 aliphatic rings. The van der Waals surface area contributed by atoms with Crippen LogP contribution in [0.4, 0.5) is 0 Å². The van der Waals surface area contributed by atoms with Crippen LogP contribution in [-0.2, 0) is 0 Å². The monoisotopic (exact) mass is 134 g/mol. The van der Waals surface area contributed by atoms with Crippen LogP contribution in [0.2, 0.25) is 19.6 Å². The summed E-state index contributed by atoms with van der Waals surface area (Å²) in [5.41, 5.74) is 2.74. The molecule has 0 aliphatic heterocycles. The van der Waals surface area contributed by atoms with Gasteiger partial charge in [-0.3, -0.25) is 0 Å². The highest BCUT2D eigenvalue weighted by Gasteiger charge is 2.05. The predicted octanol–water partition coefficient (Wildman–Crippen LogP) is 1.92. The molecule has 0 unspecified atom stereocenters. The molecule has 42 valence electrons. The largest absolute Gasteiger partial charge is 0.147 e. The first-order valence-electron chi connectivity index (χ1n) is 2.04. The van der Waals surface area contributed by atoms with Crippen LogP contribution < -0.4 is 0 Å². The lowest BCUT2D eigenvalue weighted by Crippen LogP contribution is -2.15. The van der Waals surface area contributed by atoms with Crippen LogP contribution in [0.15, 0.2) is 0 Å². The maximum absolute atomic E-state index is 5.12. The van der Waals surface area contributed by atoms with E-state index in [4.69, 9.17) is 6.42 Å². The average molecular weight is 135 g/mol. The van der Waals surface area contributed by atoms with Gasteiger partial charge >= 0.3 is 0 Å². The van der Waals surface area contributed by atoms with Gasteiger partial charge in [0.2, 0.25) is 0 Å². The van der Waals surface area contributed by atoms with Gasteiger partial charge in [0, 0.05) is 0 Å². The molecule has 0 nitrogen and oxygen atoms in total. The van der Waals surface area contributed by atoms with E-state index in [1.54, 1.807) is 0 Å². The normalized spacial score (nSPS) is 8.86. The number of rotatable bonds is 0. The first kappa shape index (κ1) is 10.1. The van der Waals surface area contributed by atoms with Crippen LogP contribution in [-0.4, -0.2) is 8.07 Å². The fourth-order valence-corrected chi connectivity index (χ4v) is 0. The fraction of sp³-hybridized carbons (Fsp3) is 0.600. The third-order valence-corrected chi connectivity index (χ3v) is 1.30. The van der Waals surface area contributed by atoms with Crippen molar-refractivity contribution in [2.24, 2.45) is 0 Å². The van der Waals surface area contributed by atoms with Crippen molar-refractivity contribution in [1.82, 2.24) is 0 Å². The van der Waals surface area contributed by atoms with Gasteiger partial charge in [-0.1, -0.05) is 19.6 Å². The van der Waals surface area contributed by atoms with Gasteiger partial charge < -0.3 is 0 Å². The molecule has 0 rings (SSSR count). The topological polar surface area (TPSA) is 0 Å². The molecule has 0 aliphatic carbocycles. The number of halogens is 1. The maximum atomic E-state index is 5.12. The predicted molar refractivity (Wildman–Crippen MR) is 39.4 cm³/mol. The standard InChI is InChI=1S/C5H10Si.ClH/c1-5-6(2,3)4;/h1H,2-4H3;1H. The Balaban J connectivity index is 0. The lowest BCUT2D eigenvalue weighted by atomic mass is 11.4. The molecule has 0 aromatic carbocycles. The van der Waals surface area contributed by atoms with Crippen molar-refractivity contribution in [2.75, 3.05) is 0 Å². The van der Waals surface area contributed by atoms with Gasteiger partial charge in [0.25, 0.3) is 0 Å². The molecule has 0 atom stereocenters. The summed E-state index contributed by atoms with van der Waals surface area (Å²) in [5, 5.41) is 0. The highest BCUT2D eigenvalue weighted by atomic mass is 35.5. The van der Waals surface area contributed by atoms with Gasteiger partial charge in [-0.15, -0.1) is 24.4 Å². The van der Waals surface area contributed by atoms with Crippen molar-refractivity contribution in [3.05, 3.63) is 0 Å². The van der Waals surface area contributed by atoms with E-state index in [1.165, 1.54) is 0 Å². The molecule has 0 bridgehead atoms. The minimum absolute atomic E-state index is 0. The first-order chi connectivity index (χ1) is 2.56. The second-order valence-electron chi connectivity index (χ2n) is 2.39. The average Bonchev–Trinajstić information content (AvgIpc) is 1.35. The summed E-state index contributed by atoms with van der Waals surface area (Å²) in [5.74, 6) is 0. The molecule has 0 spiro atoms. The fourth-order valence-electron chi connectivity index (χ4n) is 0. The molecule has 0 radical (unpaired) electrons. The molecular formula is C5H11ClSi. The van der Waals surface area contributed by atoms with E-state index in [1.807, 2.05) is 0 Å². The van der Waals surface area contributed by atoms with E-state index in [2.05, 4.69) is 25.2 Å². The number of terminal acetylenes is 1. The maximum Gasteiger partial charge on any atom is 0.128 e. The van der Waals surface area contributed by atoms with Crippen molar-refractivity contribution in [1.29, 1.82) is 0 Å². The first-order valence-corrected chi connectivity index (χ1v) is 5.54. The van der Waals surface area contributed by atoms with Gasteiger partial charge in [-0.2, -0.15) is 0 Å². The van der Waals surface area contributed by atoms with Gasteiger partial charge in [0.05, 0.1) is 0 Å². The van der Waals surface area contributed by atoms with Crippen LogP contribution in [0.5, 0.6) is 0 Å². The molecule has 7 heavy (non-hydrogen) atoms. The molecule has 0 saturated carbocycles. The van der Waals surface area contributed by atoms with Crippen LogP contribution in [0.1, 0.15) is 0 Å². The summed E-state index contributed by atoms with van der Waals surface area (Å²) in [7, 11) is -1.10. The Kier molecular flexibility index (Phi) is 4.51. The Labute approximate surface area is 52.7 Å². The minimum atomic E-state index is -1.10. The molecule has 2 heteroatoms. The summed E-state index contributed by atoms with van der Waals surface area (Å²) >= 11 is 0. The van der Waals surface area contributed by atoms with Gasteiger partial charge in [0.1, 0.15) is 8.07 Å². The van der Waals surface area contributed by atoms with Gasteiger partial charge in [-0.05, 0) is 0 Å². The molecule has 0 fully saturated rings. The van der Waals surface area contributed by atoms with Gasteiger partial charge in [-0.25, -0.2) is 0 Å². The van der Waals surface area contributed by atoms with E-state index in [0.29, 0.717) is 0 Å². The molecule has 0 saturated heterocycles. The Morgan fingerprint density at radius 3 is 1.43 bits per heavy atom. The quantitative estimate of drug-likeness (QED) is 0.351. The molecule has 0 aromatic heterocycles. The molecule has 0 N–H and O–H groups in total. The summed E-state index contributed by atoms with van der Waals surface area (Å²) < 4.78 is 0. The lowest BCUT2D eigenvalue weighted by molar-refractivity contribution is 1.82. The van der Waals surface area contributed by atoms with E-state index in [0.717, 1.165) is 0 Å². The Hall–Kier alpha value is 0.0669. The zero-order chi connectivity index (χ0) is 5.21. The summed E-state index contributed by atoms with van der Waals surface area (Å²) in [6.07, 6.45) is 5.12. The van der Waals surface area contributed by atoms with E-state index in [-0.39, 0.29) is 12.4 Å². The van der Waals surface area contributed by atoms with Crippen molar-refractivity contribution in [3.63, 3.8) is 0 Å². The summed E-state index contributed by atoms with van der Waals surface area (Å²) in [4.78, 5) is 0. The number of hydrogen-bond donors (Lipinski definition) is 0. The SMILES string of the molecule is C#C[Si](C)(C)C.Cl. The van der Waals surface area contributed by atoms with Crippen molar-refractivity contribution < 1.29 is 0 Å². The summed E-state index contributed by atoms with van der Waals surface area (Å²) in [6, 6.07) is 0. The Morgan fingerprint density at radius 1 is 1.29 bits per heavy atom. The second kappa shape index (κ2) is 3.12. The highest BCUT2D eigenvalue weighted by molar-refractivity contribution is 6.83. The Bertz CT molecular complexity index is 75.1. The third kappa shape index (κ3) is 10.7. The van der Waals surface area contributed by atoms with E-state index >= 15 is 0 Å². The van der Waals surface area contributed by atoms with Crippen LogP contribution in [0, 0.1) is 12.0 Å². The molecule has 0 heterocycles. The third-order valence-electron chi connectivity index (χ3n) is 0.433. The number of hydrogen-bond acceptors (Lipinski definition) is 0. The molecular weight excluding hydrogens is 124 g/mol. The molecule has 0 aromatic rings. The van der Waals surface area contributed by atoms with Crippen LogP contribution in [0.25, 0.3) is 0 Å². The van der Waals surface area contributed by atoms with E-state index in [9.17, 15) is 0 Å².